The molecule has 0 unspecified atom stereocenters. The van der Waals surface area contributed by atoms with Crippen molar-refractivity contribution < 1.29 is 9.53 Å². The Morgan fingerprint density at radius 3 is 2.93 bits per heavy atom. The Balaban J connectivity index is 2.46. The first-order valence-corrected chi connectivity index (χ1v) is 4.70. The summed E-state index contributed by atoms with van der Waals surface area (Å²) in [7, 11) is 1.56. The molecule has 82 valence electrons. The standard InChI is InChI=1S/C10H15N3O2/c1-15-5-4-10(14)13-9-3-2-8(6-11)7-12-9/h2-3,7H,4-6,11H2,1H3,(H,12,13,14). The van der Waals surface area contributed by atoms with Crippen LogP contribution in [0.2, 0.25) is 0 Å². The summed E-state index contributed by atoms with van der Waals surface area (Å²) in [5.41, 5.74) is 6.36. The molecule has 0 aliphatic heterocycles. The molecule has 0 spiro atoms. The average Bonchev–Trinajstić information content (AvgIpc) is 2.27. The molecule has 0 fully saturated rings. The predicted octanol–water partition coefficient (Wildman–Crippen LogP) is 0.515. The van der Waals surface area contributed by atoms with Crippen molar-refractivity contribution in [2.24, 2.45) is 5.73 Å². The molecule has 0 aromatic carbocycles. The largest absolute Gasteiger partial charge is 0.384 e. The van der Waals surface area contributed by atoms with Crippen molar-refractivity contribution >= 4 is 11.7 Å². The van der Waals surface area contributed by atoms with Crippen molar-refractivity contribution in [1.29, 1.82) is 0 Å². The van der Waals surface area contributed by atoms with E-state index in [2.05, 4.69) is 10.3 Å². The Morgan fingerprint density at radius 2 is 2.40 bits per heavy atom. The van der Waals surface area contributed by atoms with Crippen molar-refractivity contribution in [3.05, 3.63) is 23.9 Å². The van der Waals surface area contributed by atoms with Gasteiger partial charge in [0.15, 0.2) is 0 Å². The molecule has 1 aromatic heterocycles. The Bertz CT molecular complexity index is 311. The van der Waals surface area contributed by atoms with Gasteiger partial charge < -0.3 is 15.8 Å². The second-order valence-corrected chi connectivity index (χ2v) is 3.05. The van der Waals surface area contributed by atoms with Crippen LogP contribution in [0.25, 0.3) is 0 Å². The highest BCUT2D eigenvalue weighted by molar-refractivity contribution is 5.89. The molecule has 0 aliphatic rings. The van der Waals surface area contributed by atoms with E-state index in [0.29, 0.717) is 25.4 Å². The summed E-state index contributed by atoms with van der Waals surface area (Å²) in [5, 5.41) is 2.66. The van der Waals surface area contributed by atoms with E-state index in [-0.39, 0.29) is 5.91 Å². The molecule has 0 radical (unpaired) electrons. The minimum absolute atomic E-state index is 0.107. The highest BCUT2D eigenvalue weighted by Crippen LogP contribution is 2.04. The van der Waals surface area contributed by atoms with Crippen LogP contribution >= 0.6 is 0 Å². The number of methoxy groups -OCH3 is 1. The molecule has 0 aliphatic carbocycles. The monoisotopic (exact) mass is 209 g/mol. The minimum Gasteiger partial charge on any atom is -0.384 e. The molecule has 1 heterocycles. The highest BCUT2D eigenvalue weighted by atomic mass is 16.5. The Kier molecular flexibility index (Phi) is 4.73. The van der Waals surface area contributed by atoms with E-state index in [1.54, 1.807) is 19.4 Å². The molecule has 1 aromatic rings. The van der Waals surface area contributed by atoms with Crippen LogP contribution in [-0.2, 0) is 16.1 Å². The Hall–Kier alpha value is -1.46. The van der Waals surface area contributed by atoms with Gasteiger partial charge in [-0.25, -0.2) is 4.98 Å². The third-order valence-electron chi connectivity index (χ3n) is 1.86. The van der Waals surface area contributed by atoms with Crippen molar-refractivity contribution in [3.63, 3.8) is 0 Å². The smallest absolute Gasteiger partial charge is 0.227 e. The van der Waals surface area contributed by atoms with Gasteiger partial charge in [0, 0.05) is 19.9 Å². The molecule has 0 saturated carbocycles. The van der Waals surface area contributed by atoms with Gasteiger partial charge in [-0.05, 0) is 11.6 Å². The van der Waals surface area contributed by atoms with E-state index in [9.17, 15) is 4.79 Å². The van der Waals surface area contributed by atoms with Crippen molar-refractivity contribution in [2.45, 2.75) is 13.0 Å². The zero-order valence-electron chi connectivity index (χ0n) is 8.69. The van der Waals surface area contributed by atoms with Crippen LogP contribution in [0, 0.1) is 0 Å². The summed E-state index contributed by atoms with van der Waals surface area (Å²) in [6.45, 7) is 0.859. The molecular formula is C10H15N3O2. The zero-order chi connectivity index (χ0) is 11.1. The van der Waals surface area contributed by atoms with Gasteiger partial charge in [-0.3, -0.25) is 4.79 Å². The quantitative estimate of drug-likeness (QED) is 0.741. The number of pyridine rings is 1. The summed E-state index contributed by atoms with van der Waals surface area (Å²) in [6.07, 6.45) is 1.97. The number of nitrogens with zero attached hydrogens (tertiary/aromatic N) is 1. The fourth-order valence-corrected chi connectivity index (χ4v) is 1.02. The lowest BCUT2D eigenvalue weighted by molar-refractivity contribution is -0.117. The fraction of sp³-hybridized carbons (Fsp3) is 0.400. The fourth-order valence-electron chi connectivity index (χ4n) is 1.02. The molecule has 0 bridgehead atoms. The van der Waals surface area contributed by atoms with Gasteiger partial charge in [0.05, 0.1) is 13.0 Å². The number of amides is 1. The molecule has 0 atom stereocenters. The van der Waals surface area contributed by atoms with Crippen LogP contribution in [-0.4, -0.2) is 24.6 Å². The van der Waals surface area contributed by atoms with Crippen molar-refractivity contribution in [2.75, 3.05) is 19.0 Å². The van der Waals surface area contributed by atoms with Crippen LogP contribution in [0.4, 0.5) is 5.82 Å². The summed E-state index contributed by atoms with van der Waals surface area (Å²) < 4.78 is 4.79. The number of anilines is 1. The number of carbonyl (C=O) groups excluding carboxylic acids is 1. The first kappa shape index (κ1) is 11.6. The van der Waals surface area contributed by atoms with Gasteiger partial charge >= 0.3 is 0 Å². The number of rotatable bonds is 5. The summed E-state index contributed by atoms with van der Waals surface area (Å²) in [6, 6.07) is 3.56. The summed E-state index contributed by atoms with van der Waals surface area (Å²) in [5.74, 6) is 0.429. The Labute approximate surface area is 88.6 Å². The van der Waals surface area contributed by atoms with Crippen molar-refractivity contribution in [1.82, 2.24) is 4.98 Å². The van der Waals surface area contributed by atoms with E-state index in [0.717, 1.165) is 5.56 Å². The second-order valence-electron chi connectivity index (χ2n) is 3.05. The van der Waals surface area contributed by atoms with Crippen LogP contribution in [0.3, 0.4) is 0 Å². The van der Waals surface area contributed by atoms with E-state index < -0.39 is 0 Å². The predicted molar refractivity (Wildman–Crippen MR) is 57.3 cm³/mol. The first-order chi connectivity index (χ1) is 7.26. The minimum atomic E-state index is -0.107. The SMILES string of the molecule is COCCC(=O)Nc1ccc(CN)cn1. The van der Waals surface area contributed by atoms with Gasteiger partial charge in [-0.1, -0.05) is 6.07 Å². The number of carbonyl (C=O) groups is 1. The third kappa shape index (κ3) is 4.05. The number of nitrogens with two attached hydrogens (primary N) is 1. The highest BCUT2D eigenvalue weighted by Gasteiger charge is 2.02. The van der Waals surface area contributed by atoms with E-state index in [4.69, 9.17) is 10.5 Å². The normalized spacial score (nSPS) is 10.0. The molecule has 3 N–H and O–H groups in total. The molecule has 5 heteroatoms. The van der Waals surface area contributed by atoms with Gasteiger partial charge in [-0.15, -0.1) is 0 Å². The summed E-state index contributed by atoms with van der Waals surface area (Å²) in [4.78, 5) is 15.3. The van der Waals surface area contributed by atoms with Crippen LogP contribution in [0.5, 0.6) is 0 Å². The molecular weight excluding hydrogens is 194 g/mol. The van der Waals surface area contributed by atoms with Crippen LogP contribution in [0.1, 0.15) is 12.0 Å². The molecule has 5 nitrogen and oxygen atoms in total. The maximum absolute atomic E-state index is 11.3. The topological polar surface area (TPSA) is 77.2 Å². The number of hydrogen-bond acceptors (Lipinski definition) is 4. The van der Waals surface area contributed by atoms with Crippen molar-refractivity contribution in [3.8, 4) is 0 Å². The number of ether oxygens (including phenoxy) is 1. The Morgan fingerprint density at radius 1 is 1.60 bits per heavy atom. The molecule has 1 rings (SSSR count). The first-order valence-electron chi connectivity index (χ1n) is 4.70. The van der Waals surface area contributed by atoms with Crippen LogP contribution < -0.4 is 11.1 Å². The van der Waals surface area contributed by atoms with Gasteiger partial charge in [-0.2, -0.15) is 0 Å². The maximum Gasteiger partial charge on any atom is 0.227 e. The number of nitrogens with one attached hydrogen (secondary N) is 1. The van der Waals surface area contributed by atoms with E-state index >= 15 is 0 Å². The van der Waals surface area contributed by atoms with Gasteiger partial charge in [0.1, 0.15) is 5.82 Å². The molecule has 1 amide bonds. The van der Waals surface area contributed by atoms with Gasteiger partial charge in [0.25, 0.3) is 0 Å². The summed E-state index contributed by atoms with van der Waals surface area (Å²) >= 11 is 0. The number of hydrogen-bond donors (Lipinski definition) is 2. The molecule has 0 saturated heterocycles. The van der Waals surface area contributed by atoms with E-state index in [1.165, 1.54) is 0 Å². The molecule has 15 heavy (non-hydrogen) atoms. The van der Waals surface area contributed by atoms with Crippen LogP contribution in [0.15, 0.2) is 18.3 Å². The zero-order valence-corrected chi connectivity index (χ0v) is 8.69. The van der Waals surface area contributed by atoms with Gasteiger partial charge in [0.2, 0.25) is 5.91 Å². The third-order valence-corrected chi connectivity index (χ3v) is 1.86. The van der Waals surface area contributed by atoms with E-state index in [1.807, 2.05) is 6.07 Å². The maximum atomic E-state index is 11.3. The second kappa shape index (κ2) is 6.10. The lowest BCUT2D eigenvalue weighted by Crippen LogP contribution is -2.14. The lowest BCUT2D eigenvalue weighted by Gasteiger charge is -2.04. The average molecular weight is 209 g/mol. The lowest BCUT2D eigenvalue weighted by atomic mass is 10.3. The number of aromatic nitrogens is 1.